The van der Waals surface area contributed by atoms with E-state index in [-0.39, 0.29) is 0 Å². The summed E-state index contributed by atoms with van der Waals surface area (Å²) in [4.78, 5) is 49.3. The first kappa shape index (κ1) is 34.0. The molecule has 13 nitrogen and oxygen atoms in total. The van der Waals surface area contributed by atoms with E-state index in [4.69, 9.17) is 25.2 Å². The minimum atomic E-state index is -2.74. The van der Waals surface area contributed by atoms with Crippen LogP contribution < -0.4 is 4.74 Å². The molecule has 1 aliphatic heterocycles. The van der Waals surface area contributed by atoms with E-state index in [0.717, 1.165) is 54.6 Å². The second kappa shape index (κ2) is 16.4. The van der Waals surface area contributed by atoms with Crippen LogP contribution in [0.2, 0.25) is 0 Å². The maximum absolute atomic E-state index is 10.3. The molecule has 0 amide bonds. The van der Waals surface area contributed by atoms with E-state index in [0.29, 0.717) is 6.04 Å². The number of benzene rings is 1. The molecule has 44 heavy (non-hydrogen) atoms. The Morgan fingerprint density at radius 1 is 0.977 bits per heavy atom. The van der Waals surface area contributed by atoms with Gasteiger partial charge in [0, 0.05) is 55.4 Å². The molecule has 1 saturated heterocycles. The highest BCUT2D eigenvalue weighted by Crippen LogP contribution is 2.22. The van der Waals surface area contributed by atoms with Crippen LogP contribution in [-0.2, 0) is 27.5 Å². The maximum atomic E-state index is 10.3. The van der Waals surface area contributed by atoms with Gasteiger partial charge in [0.1, 0.15) is 5.75 Å². The number of carboxylic acids is 3. The molecule has 0 saturated carbocycles. The van der Waals surface area contributed by atoms with Crippen LogP contribution in [0.5, 0.6) is 5.75 Å². The van der Waals surface area contributed by atoms with E-state index >= 15 is 0 Å². The number of carbonyl (C=O) groups is 3. The molecule has 4 N–H and O–H groups in total. The summed E-state index contributed by atoms with van der Waals surface area (Å²) in [5.74, 6) is -3.45. The number of aromatic nitrogens is 3. The molecule has 1 aliphatic rings. The first-order valence-corrected chi connectivity index (χ1v) is 14.2. The smallest absolute Gasteiger partial charge is 0.336 e. The standard InChI is InChI=1S/C25H31N5O.C6H8O7/c1-3-30-14-6-8-23(30)19-29(18-22-7-4-5-13-26-22)17-20-15-27-25(28-16-20)21-9-11-24(31-2)12-10-21;7-3(8)1-6(13,5(11)12)2-4(9)10/h4-5,7,9-13,15-16,23H,3,6,8,14,17-19H2,1-2H3;13H,1-2H2,(H,7,8)(H,9,10)(H,11,12). The van der Waals surface area contributed by atoms with Gasteiger partial charge in [-0.05, 0) is 62.3 Å². The summed E-state index contributed by atoms with van der Waals surface area (Å²) in [5.41, 5.74) is 0.466. The molecule has 0 bridgehead atoms. The summed E-state index contributed by atoms with van der Waals surface area (Å²) in [6, 6.07) is 14.6. The maximum Gasteiger partial charge on any atom is 0.336 e. The lowest BCUT2D eigenvalue weighted by Crippen LogP contribution is -2.42. The molecule has 1 aromatic carbocycles. The number of hydrogen-bond donors (Lipinski definition) is 4. The summed E-state index contributed by atoms with van der Waals surface area (Å²) in [5, 5.41) is 33.8. The zero-order valence-corrected chi connectivity index (χ0v) is 24.9. The summed E-state index contributed by atoms with van der Waals surface area (Å²) < 4.78 is 5.23. The lowest BCUT2D eigenvalue weighted by atomic mass is 9.96. The molecule has 13 heteroatoms. The van der Waals surface area contributed by atoms with Crippen LogP contribution in [-0.4, -0.2) is 101 Å². The Balaban J connectivity index is 0.000000345. The summed E-state index contributed by atoms with van der Waals surface area (Å²) in [6.07, 6.45) is 6.03. The van der Waals surface area contributed by atoms with Gasteiger partial charge in [0.15, 0.2) is 11.4 Å². The number of aliphatic carboxylic acids is 3. The molecule has 0 spiro atoms. The van der Waals surface area contributed by atoms with Gasteiger partial charge in [-0.3, -0.25) is 24.4 Å². The van der Waals surface area contributed by atoms with Crippen LogP contribution in [0.3, 0.4) is 0 Å². The number of rotatable bonds is 14. The minimum absolute atomic E-state index is 0.605. The normalized spacial score (nSPS) is 15.0. The third kappa shape index (κ3) is 10.4. The van der Waals surface area contributed by atoms with Gasteiger partial charge in [0.25, 0.3) is 0 Å². The van der Waals surface area contributed by atoms with Gasteiger partial charge >= 0.3 is 17.9 Å². The molecule has 1 unspecified atom stereocenters. The monoisotopic (exact) mass is 609 g/mol. The van der Waals surface area contributed by atoms with Crippen molar-refractivity contribution in [3.8, 4) is 17.1 Å². The predicted octanol–water partition coefficient (Wildman–Crippen LogP) is 2.79. The van der Waals surface area contributed by atoms with Gasteiger partial charge in [-0.25, -0.2) is 14.8 Å². The van der Waals surface area contributed by atoms with Crippen molar-refractivity contribution in [2.75, 3.05) is 26.7 Å². The Kier molecular flexibility index (Phi) is 12.7. The predicted molar refractivity (Wildman–Crippen MR) is 160 cm³/mol. The van der Waals surface area contributed by atoms with Gasteiger partial charge in [-0.1, -0.05) is 13.0 Å². The Labute approximate surface area is 255 Å². The van der Waals surface area contributed by atoms with Crippen molar-refractivity contribution in [1.82, 2.24) is 24.8 Å². The van der Waals surface area contributed by atoms with E-state index in [9.17, 15) is 14.4 Å². The minimum Gasteiger partial charge on any atom is -0.497 e. The molecule has 0 aliphatic carbocycles. The van der Waals surface area contributed by atoms with Crippen LogP contribution in [0.4, 0.5) is 0 Å². The fraction of sp³-hybridized carbons (Fsp3) is 0.419. The Morgan fingerprint density at radius 2 is 1.64 bits per heavy atom. The number of pyridine rings is 1. The van der Waals surface area contributed by atoms with E-state index in [1.54, 1.807) is 7.11 Å². The molecule has 1 fully saturated rings. The molecular weight excluding hydrogens is 570 g/mol. The van der Waals surface area contributed by atoms with Crippen molar-refractivity contribution >= 4 is 17.9 Å². The van der Waals surface area contributed by atoms with Crippen molar-refractivity contribution in [2.24, 2.45) is 0 Å². The third-order valence-corrected chi connectivity index (χ3v) is 7.23. The number of hydrogen-bond acceptors (Lipinski definition) is 10. The molecule has 4 rings (SSSR count). The fourth-order valence-electron chi connectivity index (χ4n) is 5.02. The summed E-state index contributed by atoms with van der Waals surface area (Å²) in [6.45, 7) is 7.25. The molecule has 3 heterocycles. The van der Waals surface area contributed by atoms with Gasteiger partial charge < -0.3 is 25.2 Å². The van der Waals surface area contributed by atoms with Crippen LogP contribution in [0, 0.1) is 0 Å². The summed E-state index contributed by atoms with van der Waals surface area (Å²) in [7, 11) is 1.67. The van der Waals surface area contributed by atoms with E-state index in [1.807, 2.05) is 48.9 Å². The number of nitrogens with zero attached hydrogens (tertiary/aromatic N) is 5. The SMILES string of the molecule is CCN1CCCC1CN(Cc1cnc(-c2ccc(OC)cc2)nc1)Cc1ccccn1.O=C(O)CC(O)(CC(=O)O)C(=O)O. The number of carboxylic acid groups (broad SMARTS) is 3. The average Bonchev–Trinajstić information content (AvgIpc) is 3.44. The molecule has 236 valence electrons. The van der Waals surface area contributed by atoms with Gasteiger partial charge in [0.05, 0.1) is 25.6 Å². The molecule has 1 atom stereocenters. The van der Waals surface area contributed by atoms with Crippen molar-refractivity contribution < 1.29 is 39.5 Å². The highest BCUT2D eigenvalue weighted by Gasteiger charge is 2.40. The van der Waals surface area contributed by atoms with Gasteiger partial charge in [-0.15, -0.1) is 0 Å². The topological polar surface area (TPSA) is 187 Å². The van der Waals surface area contributed by atoms with E-state index < -0.39 is 36.4 Å². The highest BCUT2D eigenvalue weighted by molar-refractivity contribution is 5.88. The van der Waals surface area contributed by atoms with E-state index in [2.05, 4.69) is 43.8 Å². The van der Waals surface area contributed by atoms with E-state index in [1.165, 1.54) is 19.4 Å². The first-order valence-electron chi connectivity index (χ1n) is 14.2. The van der Waals surface area contributed by atoms with Crippen LogP contribution in [0.15, 0.2) is 61.1 Å². The molecular formula is C31H39N5O8. The second-order valence-electron chi connectivity index (χ2n) is 10.5. The van der Waals surface area contributed by atoms with Crippen molar-refractivity contribution in [3.63, 3.8) is 0 Å². The highest BCUT2D eigenvalue weighted by atomic mass is 16.5. The van der Waals surface area contributed by atoms with Crippen molar-refractivity contribution in [1.29, 1.82) is 0 Å². The number of ether oxygens (including phenoxy) is 1. The quantitative estimate of drug-likeness (QED) is 0.209. The Morgan fingerprint density at radius 3 is 2.16 bits per heavy atom. The zero-order valence-electron chi connectivity index (χ0n) is 24.9. The zero-order chi connectivity index (χ0) is 32.1. The lowest BCUT2D eigenvalue weighted by Gasteiger charge is -2.30. The van der Waals surface area contributed by atoms with Gasteiger partial charge in [0.2, 0.25) is 0 Å². The lowest BCUT2D eigenvalue weighted by molar-refractivity contribution is -0.170. The van der Waals surface area contributed by atoms with Crippen LogP contribution in [0.25, 0.3) is 11.4 Å². The fourth-order valence-corrected chi connectivity index (χ4v) is 5.02. The van der Waals surface area contributed by atoms with Gasteiger partial charge in [-0.2, -0.15) is 0 Å². The Hall–Kier alpha value is -4.46. The number of likely N-dealkylation sites (tertiary alicyclic amines) is 1. The first-order chi connectivity index (χ1) is 21.0. The molecule has 2 aromatic heterocycles. The third-order valence-electron chi connectivity index (χ3n) is 7.23. The molecule has 0 radical (unpaired) electrons. The van der Waals surface area contributed by atoms with Crippen LogP contribution >= 0.6 is 0 Å². The Bertz CT molecular complexity index is 1340. The number of aliphatic hydroxyl groups is 1. The number of methoxy groups -OCH3 is 1. The van der Waals surface area contributed by atoms with Crippen molar-refractivity contribution in [3.05, 3.63) is 72.3 Å². The average molecular weight is 610 g/mol. The van der Waals surface area contributed by atoms with Crippen molar-refractivity contribution in [2.45, 2.75) is 57.3 Å². The largest absolute Gasteiger partial charge is 0.497 e. The summed E-state index contributed by atoms with van der Waals surface area (Å²) >= 11 is 0. The number of likely N-dealkylation sites (N-methyl/N-ethyl adjacent to an activating group) is 1. The second-order valence-corrected chi connectivity index (χ2v) is 10.5. The van der Waals surface area contributed by atoms with Crippen LogP contribution in [0.1, 0.15) is 43.9 Å². The molecule has 3 aromatic rings.